The zero-order chi connectivity index (χ0) is 38.8. The van der Waals surface area contributed by atoms with E-state index in [-0.39, 0.29) is 34.9 Å². The van der Waals surface area contributed by atoms with Crippen LogP contribution in [0, 0.1) is 5.92 Å². The first-order chi connectivity index (χ1) is 26.6. The molecule has 0 radical (unpaired) electrons. The molecule has 294 valence electrons. The fourth-order valence-electron chi connectivity index (χ4n) is 7.81. The summed E-state index contributed by atoms with van der Waals surface area (Å²) < 4.78 is 45.9. The number of amides is 1. The van der Waals surface area contributed by atoms with Gasteiger partial charge in [0.15, 0.2) is 11.5 Å². The maximum atomic E-state index is 13.2. The fourth-order valence-corrected chi connectivity index (χ4v) is 8.55. The number of hydrogen-bond acceptors (Lipinski definition) is 9. The number of ether oxygens (including phenoxy) is 4. The molecule has 4 aromatic carbocycles. The second-order valence-electron chi connectivity index (χ2n) is 14.3. The standard InChI is InChI=1S/C23H26N2O2.C20H28N2O5S/c26-23(27-21-16-24-13-10-18(21)11-14-24)25-15-12-17-6-4-5-9-20(17)22(25)19-7-2-1-3-8-19;1-4-26-17-7-5-6-8-18(17)27-12-11-22-15(2)13-16-9-10-19(25-3)20(14-16)28(21,23)24/h1-9,18,21-22H,10-16H2;5-10,14-15,22H,4,11-13H2,1-3H3,(H2,21,23,24)/t21-,22-;15-/m01/s1. The van der Waals surface area contributed by atoms with Gasteiger partial charge in [0.05, 0.1) is 19.8 Å². The number of para-hydroxylation sites is 2. The number of nitrogens with zero attached hydrogens (tertiary/aromatic N) is 2. The lowest BCUT2D eigenvalue weighted by Gasteiger charge is -2.45. The zero-order valence-electron chi connectivity index (χ0n) is 32.1. The Hall–Kier alpha value is -4.62. The maximum absolute atomic E-state index is 13.2. The number of rotatable bonds is 13. The van der Waals surface area contributed by atoms with Crippen LogP contribution in [0.15, 0.2) is 102 Å². The number of fused-ring (bicyclic) bond motifs is 4. The molecule has 3 atom stereocenters. The van der Waals surface area contributed by atoms with Crippen molar-refractivity contribution in [2.24, 2.45) is 11.1 Å². The highest BCUT2D eigenvalue weighted by atomic mass is 32.2. The molecule has 8 rings (SSSR count). The van der Waals surface area contributed by atoms with Crippen LogP contribution in [0.5, 0.6) is 17.2 Å². The first-order valence-electron chi connectivity index (χ1n) is 19.2. The molecular formula is C43H54N4O7S. The van der Waals surface area contributed by atoms with Gasteiger partial charge < -0.3 is 24.3 Å². The van der Waals surface area contributed by atoms with Gasteiger partial charge in [-0.15, -0.1) is 0 Å². The molecule has 12 heteroatoms. The number of piperidine rings is 3. The van der Waals surface area contributed by atoms with E-state index in [0.717, 1.165) is 55.8 Å². The molecule has 1 amide bonds. The van der Waals surface area contributed by atoms with E-state index in [2.05, 4.69) is 46.6 Å². The smallest absolute Gasteiger partial charge is 0.410 e. The molecule has 0 unspecified atom stereocenters. The van der Waals surface area contributed by atoms with Crippen molar-refractivity contribution >= 4 is 16.1 Å². The highest BCUT2D eigenvalue weighted by Crippen LogP contribution is 2.37. The van der Waals surface area contributed by atoms with Crippen LogP contribution in [0.2, 0.25) is 0 Å². The van der Waals surface area contributed by atoms with Crippen LogP contribution in [-0.2, 0) is 27.6 Å². The predicted octanol–water partition coefficient (Wildman–Crippen LogP) is 6.21. The van der Waals surface area contributed by atoms with Crippen LogP contribution < -0.4 is 24.7 Å². The van der Waals surface area contributed by atoms with Crippen LogP contribution in [-0.4, -0.2) is 89.5 Å². The predicted molar refractivity (Wildman–Crippen MR) is 213 cm³/mol. The van der Waals surface area contributed by atoms with Gasteiger partial charge >= 0.3 is 6.09 Å². The summed E-state index contributed by atoms with van der Waals surface area (Å²) in [6, 6.07) is 31.4. The van der Waals surface area contributed by atoms with E-state index in [4.69, 9.17) is 24.1 Å². The molecule has 4 aromatic rings. The topological polar surface area (TPSA) is 133 Å². The molecule has 0 aliphatic carbocycles. The second-order valence-corrected chi connectivity index (χ2v) is 15.9. The molecule has 3 N–H and O–H groups in total. The van der Waals surface area contributed by atoms with Crippen LogP contribution in [0.3, 0.4) is 0 Å². The van der Waals surface area contributed by atoms with E-state index in [1.54, 1.807) is 12.1 Å². The third-order valence-corrected chi connectivity index (χ3v) is 11.5. The summed E-state index contributed by atoms with van der Waals surface area (Å²) in [5.74, 6) is 2.22. The summed E-state index contributed by atoms with van der Waals surface area (Å²) in [5, 5.41) is 8.63. The average molecular weight is 771 g/mol. The largest absolute Gasteiger partial charge is 0.495 e. The SMILES string of the molecule is CCOc1ccccc1OCCN[C@H](C)Cc1ccc(OC)c(S(N)(=O)=O)c1.O=C(O[C@H]1CN2CCC1CC2)N1CCc2ccccc2[C@@H]1c1ccccc1. The lowest BCUT2D eigenvalue weighted by atomic mass is 9.86. The number of nitrogens with one attached hydrogen (secondary N) is 1. The van der Waals surface area contributed by atoms with Gasteiger partial charge in [0.25, 0.3) is 0 Å². The van der Waals surface area contributed by atoms with E-state index >= 15 is 0 Å². The van der Waals surface area contributed by atoms with Gasteiger partial charge in [-0.25, -0.2) is 18.4 Å². The van der Waals surface area contributed by atoms with E-state index < -0.39 is 10.0 Å². The van der Waals surface area contributed by atoms with Gasteiger partial charge in [0, 0.05) is 25.7 Å². The Balaban J connectivity index is 0.000000187. The zero-order valence-corrected chi connectivity index (χ0v) is 32.9. The summed E-state index contributed by atoms with van der Waals surface area (Å²) in [6.07, 6.45) is 3.73. The second kappa shape index (κ2) is 18.8. The van der Waals surface area contributed by atoms with Crippen LogP contribution in [0.1, 0.15) is 55.0 Å². The minimum atomic E-state index is -3.84. The quantitative estimate of drug-likeness (QED) is 0.153. The van der Waals surface area contributed by atoms with Crippen molar-refractivity contribution < 1.29 is 32.2 Å². The Kier molecular flexibility index (Phi) is 13.7. The van der Waals surface area contributed by atoms with Gasteiger partial charge in [0.1, 0.15) is 23.4 Å². The van der Waals surface area contributed by atoms with Crippen molar-refractivity contribution in [2.45, 2.75) is 62.6 Å². The normalized spacial score (nSPS) is 20.7. The molecule has 0 aromatic heterocycles. The molecular weight excluding hydrogens is 717 g/mol. The Labute approximate surface area is 325 Å². The summed E-state index contributed by atoms with van der Waals surface area (Å²) in [6.45, 7) is 9.57. The minimum Gasteiger partial charge on any atom is -0.495 e. The van der Waals surface area contributed by atoms with E-state index in [1.165, 1.54) is 18.2 Å². The summed E-state index contributed by atoms with van der Waals surface area (Å²) in [7, 11) is -2.43. The molecule has 0 saturated carbocycles. The van der Waals surface area contributed by atoms with Gasteiger partial charge in [-0.3, -0.25) is 9.80 Å². The van der Waals surface area contributed by atoms with Crippen LogP contribution in [0.4, 0.5) is 4.79 Å². The van der Waals surface area contributed by atoms with Crippen molar-refractivity contribution in [3.8, 4) is 17.2 Å². The molecule has 3 saturated heterocycles. The molecule has 2 bridgehead atoms. The molecule has 11 nitrogen and oxygen atoms in total. The third kappa shape index (κ3) is 10.4. The third-order valence-electron chi connectivity index (χ3n) is 10.6. The molecule has 4 heterocycles. The monoisotopic (exact) mass is 770 g/mol. The van der Waals surface area contributed by atoms with Crippen molar-refractivity contribution in [1.82, 2.24) is 15.1 Å². The number of carbonyl (C=O) groups excluding carboxylic acids is 1. The molecule has 4 aliphatic rings. The Bertz CT molecular complexity index is 1970. The lowest BCUT2D eigenvalue weighted by Crippen LogP contribution is -2.53. The first-order valence-corrected chi connectivity index (χ1v) is 20.8. The number of benzene rings is 4. The maximum Gasteiger partial charge on any atom is 0.410 e. The number of primary sulfonamides is 1. The average Bonchev–Trinajstić information content (AvgIpc) is 3.20. The summed E-state index contributed by atoms with van der Waals surface area (Å²) in [4.78, 5) is 17.6. The van der Waals surface area contributed by atoms with E-state index in [1.807, 2.05) is 67.3 Å². The van der Waals surface area contributed by atoms with E-state index in [0.29, 0.717) is 44.4 Å². The van der Waals surface area contributed by atoms with Crippen molar-refractivity contribution in [1.29, 1.82) is 0 Å². The van der Waals surface area contributed by atoms with Crippen LogP contribution in [0.25, 0.3) is 0 Å². The Morgan fingerprint density at radius 1 is 0.891 bits per heavy atom. The van der Waals surface area contributed by atoms with Gasteiger partial charge in [-0.2, -0.15) is 0 Å². The van der Waals surface area contributed by atoms with Gasteiger partial charge in [-0.1, -0.05) is 72.8 Å². The molecule has 3 fully saturated rings. The molecule has 4 aliphatic heterocycles. The fraction of sp³-hybridized carbons (Fsp3) is 0.419. The number of methoxy groups -OCH3 is 1. The Morgan fingerprint density at radius 3 is 2.25 bits per heavy atom. The van der Waals surface area contributed by atoms with Gasteiger partial charge in [0.2, 0.25) is 10.0 Å². The van der Waals surface area contributed by atoms with E-state index in [9.17, 15) is 13.2 Å². The van der Waals surface area contributed by atoms with Gasteiger partial charge in [-0.05, 0) is 105 Å². The van der Waals surface area contributed by atoms with Crippen molar-refractivity contribution in [2.75, 3.05) is 53.0 Å². The number of carbonyl (C=O) groups is 1. The highest BCUT2D eigenvalue weighted by molar-refractivity contribution is 7.89. The van der Waals surface area contributed by atoms with Crippen LogP contribution >= 0.6 is 0 Å². The Morgan fingerprint density at radius 2 is 1.58 bits per heavy atom. The summed E-state index contributed by atoms with van der Waals surface area (Å²) >= 11 is 0. The lowest BCUT2D eigenvalue weighted by molar-refractivity contribution is -0.0462. The summed E-state index contributed by atoms with van der Waals surface area (Å²) in [5.41, 5.74) is 4.56. The van der Waals surface area contributed by atoms with Crippen molar-refractivity contribution in [3.63, 3.8) is 0 Å². The molecule has 0 spiro atoms. The highest BCUT2D eigenvalue weighted by Gasteiger charge is 2.39. The van der Waals surface area contributed by atoms with Crippen molar-refractivity contribution in [3.05, 3.63) is 119 Å². The molecule has 55 heavy (non-hydrogen) atoms. The number of hydrogen-bond donors (Lipinski definition) is 2. The number of nitrogens with two attached hydrogens (primary N) is 1. The number of sulfonamides is 1. The minimum absolute atomic E-state index is 0.00411. The first kappa shape index (κ1) is 40.1.